The molecule has 0 amide bonds. The Morgan fingerprint density at radius 2 is 2.08 bits per heavy atom. The van der Waals surface area contributed by atoms with E-state index < -0.39 is 5.56 Å². The van der Waals surface area contributed by atoms with Crippen molar-refractivity contribution in [3.63, 3.8) is 0 Å². The van der Waals surface area contributed by atoms with Gasteiger partial charge in [-0.1, -0.05) is 23.2 Å². The highest BCUT2D eigenvalue weighted by Crippen LogP contribution is 2.36. The molecule has 0 unspecified atom stereocenters. The molecule has 2 heterocycles. The number of halogens is 2. The predicted molar refractivity (Wildman–Crippen MR) is 98.7 cm³/mol. The molecular formula is C18H13Cl2N3O2. The van der Waals surface area contributed by atoms with Crippen molar-refractivity contribution in [1.82, 2.24) is 4.68 Å². The molecule has 126 valence electrons. The average molecular weight is 374 g/mol. The summed E-state index contributed by atoms with van der Waals surface area (Å²) in [7, 11) is 0. The fourth-order valence-corrected chi connectivity index (χ4v) is 3.17. The van der Waals surface area contributed by atoms with Crippen LogP contribution in [0.15, 0.2) is 33.7 Å². The monoisotopic (exact) mass is 373 g/mol. The molecule has 1 aromatic heterocycles. The van der Waals surface area contributed by atoms with E-state index in [0.29, 0.717) is 27.1 Å². The molecule has 0 saturated carbocycles. The Morgan fingerprint density at radius 3 is 2.80 bits per heavy atom. The van der Waals surface area contributed by atoms with Crippen LogP contribution in [-0.2, 0) is 0 Å². The molecule has 1 aliphatic heterocycles. The summed E-state index contributed by atoms with van der Waals surface area (Å²) in [5, 5.41) is 14.3. The first-order valence-electron chi connectivity index (χ1n) is 7.41. The van der Waals surface area contributed by atoms with E-state index in [1.165, 1.54) is 10.9 Å². The minimum atomic E-state index is -0.444. The topological polar surface area (TPSA) is 67.4 Å². The maximum absolute atomic E-state index is 12.3. The summed E-state index contributed by atoms with van der Waals surface area (Å²) in [5.41, 5.74) is 2.41. The lowest BCUT2D eigenvalue weighted by Crippen LogP contribution is -2.23. The maximum Gasteiger partial charge on any atom is 0.289 e. The molecule has 0 N–H and O–H groups in total. The van der Waals surface area contributed by atoms with E-state index in [1.807, 2.05) is 12.1 Å². The van der Waals surface area contributed by atoms with Gasteiger partial charge in [0.15, 0.2) is 0 Å². The van der Waals surface area contributed by atoms with Gasteiger partial charge in [-0.3, -0.25) is 4.79 Å². The third-order valence-corrected chi connectivity index (χ3v) is 4.27. The number of ether oxygens (including phenoxy) is 1. The minimum Gasteiger partial charge on any atom is -0.487 e. The van der Waals surface area contributed by atoms with Crippen LogP contribution in [0.2, 0.25) is 10.0 Å². The summed E-state index contributed by atoms with van der Waals surface area (Å²) in [4.78, 5) is 12.3. The Morgan fingerprint density at radius 1 is 1.32 bits per heavy atom. The van der Waals surface area contributed by atoms with Gasteiger partial charge in [0.25, 0.3) is 5.56 Å². The van der Waals surface area contributed by atoms with E-state index in [-0.39, 0.29) is 12.2 Å². The lowest BCUT2D eigenvalue weighted by Gasteiger charge is -2.17. The maximum atomic E-state index is 12.3. The van der Waals surface area contributed by atoms with Gasteiger partial charge in [-0.05, 0) is 43.7 Å². The first-order valence-corrected chi connectivity index (χ1v) is 8.16. The number of rotatable bonds is 2. The number of benzene rings is 1. The Bertz CT molecular complexity index is 1030. The van der Waals surface area contributed by atoms with Crippen molar-refractivity contribution in [2.75, 3.05) is 6.61 Å². The Kier molecular flexibility index (Phi) is 4.67. The van der Waals surface area contributed by atoms with Gasteiger partial charge in [0, 0.05) is 21.9 Å². The first kappa shape index (κ1) is 17.3. The Balaban J connectivity index is 2.00. The van der Waals surface area contributed by atoms with Crippen LogP contribution < -0.4 is 10.3 Å². The number of hydrogen-bond donors (Lipinski definition) is 0. The molecule has 0 fully saturated rings. The van der Waals surface area contributed by atoms with Crippen LogP contribution in [0.3, 0.4) is 0 Å². The van der Waals surface area contributed by atoms with Crippen molar-refractivity contribution < 1.29 is 4.74 Å². The molecule has 0 bridgehead atoms. The van der Waals surface area contributed by atoms with Gasteiger partial charge in [0.05, 0.1) is 11.2 Å². The second kappa shape index (κ2) is 6.75. The molecule has 0 saturated heterocycles. The molecular weight excluding hydrogens is 361 g/mol. The highest BCUT2D eigenvalue weighted by atomic mass is 35.5. The molecule has 0 atom stereocenters. The molecule has 7 heteroatoms. The van der Waals surface area contributed by atoms with E-state index in [9.17, 15) is 4.79 Å². The number of hydrogen-bond acceptors (Lipinski definition) is 4. The third-order valence-electron chi connectivity index (χ3n) is 3.77. The second-order valence-electron chi connectivity index (χ2n) is 5.63. The van der Waals surface area contributed by atoms with Gasteiger partial charge in [0.1, 0.15) is 24.0 Å². The van der Waals surface area contributed by atoms with Crippen molar-refractivity contribution in [2.24, 2.45) is 5.10 Å². The van der Waals surface area contributed by atoms with E-state index >= 15 is 0 Å². The fraction of sp³-hybridized carbons (Fsp3) is 0.167. The van der Waals surface area contributed by atoms with Gasteiger partial charge in [0.2, 0.25) is 0 Å². The fourth-order valence-electron chi connectivity index (χ4n) is 2.60. The van der Waals surface area contributed by atoms with E-state index in [0.717, 1.165) is 11.1 Å². The number of nitriles is 1. The summed E-state index contributed by atoms with van der Waals surface area (Å²) in [6, 6.07) is 7.03. The number of nitrogens with zero attached hydrogens (tertiary/aromatic N) is 3. The van der Waals surface area contributed by atoms with Crippen LogP contribution in [0.25, 0.3) is 6.08 Å². The van der Waals surface area contributed by atoms with Crippen LogP contribution in [0.5, 0.6) is 5.75 Å². The first-order chi connectivity index (χ1) is 11.9. The Labute approximate surface area is 154 Å². The summed E-state index contributed by atoms with van der Waals surface area (Å²) >= 11 is 12.1. The molecule has 0 radical (unpaired) electrons. The van der Waals surface area contributed by atoms with Crippen LogP contribution in [-0.4, -0.2) is 17.5 Å². The van der Waals surface area contributed by atoms with Crippen molar-refractivity contribution in [2.45, 2.75) is 13.8 Å². The molecule has 2 aromatic rings. The van der Waals surface area contributed by atoms with E-state index in [4.69, 9.17) is 33.2 Å². The van der Waals surface area contributed by atoms with Crippen molar-refractivity contribution in [3.05, 3.63) is 66.6 Å². The molecule has 25 heavy (non-hydrogen) atoms. The summed E-state index contributed by atoms with van der Waals surface area (Å²) in [6.45, 7) is 3.75. The summed E-state index contributed by atoms with van der Waals surface area (Å²) in [5.74, 6) is 0.568. The van der Waals surface area contributed by atoms with Crippen LogP contribution in [0.4, 0.5) is 0 Å². The lowest BCUT2D eigenvalue weighted by atomic mass is 10.1. The van der Waals surface area contributed by atoms with Gasteiger partial charge < -0.3 is 4.74 Å². The minimum absolute atomic E-state index is 0.0838. The summed E-state index contributed by atoms with van der Waals surface area (Å²) in [6.07, 6.45) is 3.38. The largest absolute Gasteiger partial charge is 0.487 e. The van der Waals surface area contributed by atoms with Gasteiger partial charge >= 0.3 is 0 Å². The number of aromatic nitrogens is 1. The summed E-state index contributed by atoms with van der Waals surface area (Å²) < 4.78 is 6.85. The van der Waals surface area contributed by atoms with E-state index in [2.05, 4.69) is 5.10 Å². The lowest BCUT2D eigenvalue weighted by molar-refractivity contribution is 0.353. The van der Waals surface area contributed by atoms with Gasteiger partial charge in [-0.15, -0.1) is 0 Å². The van der Waals surface area contributed by atoms with Gasteiger partial charge in [-0.25, -0.2) is 4.68 Å². The second-order valence-corrected chi connectivity index (χ2v) is 6.47. The quantitative estimate of drug-likeness (QED) is 0.748. The highest BCUT2D eigenvalue weighted by molar-refractivity contribution is 6.36. The van der Waals surface area contributed by atoms with Crippen LogP contribution >= 0.6 is 23.2 Å². The number of pyridine rings is 1. The third kappa shape index (κ3) is 3.32. The van der Waals surface area contributed by atoms with E-state index in [1.54, 1.807) is 32.0 Å². The molecule has 0 spiro atoms. The molecule has 1 aromatic carbocycles. The smallest absolute Gasteiger partial charge is 0.289 e. The number of fused-ring (bicyclic) bond motifs is 1. The average Bonchev–Trinajstić information content (AvgIpc) is 2.54. The molecule has 0 aliphatic carbocycles. The zero-order valence-electron chi connectivity index (χ0n) is 13.5. The van der Waals surface area contributed by atoms with Crippen molar-refractivity contribution in [3.8, 4) is 11.8 Å². The molecule has 5 nitrogen and oxygen atoms in total. The molecule has 3 rings (SSSR count). The van der Waals surface area contributed by atoms with Crippen LogP contribution in [0.1, 0.15) is 22.4 Å². The van der Waals surface area contributed by atoms with Crippen molar-refractivity contribution in [1.29, 1.82) is 5.26 Å². The zero-order valence-corrected chi connectivity index (χ0v) is 15.0. The SMILES string of the molecule is Cc1cc(C)n(/N=C/C2=Cc3cc(Cl)cc(Cl)c3OC2)c(=O)c1C#N. The standard InChI is InChI=1S/C18H13Cl2N3O2/c1-10-3-11(2)23(18(24)15(10)7-21)22-8-12-4-13-5-14(19)6-16(20)17(13)25-9-12/h3-6,8H,9H2,1-2H3/b22-8+. The normalized spacial score (nSPS) is 13.2. The number of aryl methyl sites for hydroxylation is 2. The Hall–Kier alpha value is -2.55. The van der Waals surface area contributed by atoms with Crippen molar-refractivity contribution >= 4 is 35.5 Å². The van der Waals surface area contributed by atoms with Crippen LogP contribution in [0, 0.1) is 25.2 Å². The highest BCUT2D eigenvalue weighted by Gasteiger charge is 2.15. The van der Waals surface area contributed by atoms with Gasteiger partial charge in [-0.2, -0.15) is 10.4 Å². The predicted octanol–water partition coefficient (Wildman–Crippen LogP) is 3.95. The zero-order chi connectivity index (χ0) is 18.1. The molecule has 1 aliphatic rings.